The SMILES string of the molecule is Cc1cccc(C)c1OCC(=O)Nc1ccc(F)cc1Cl. The molecule has 0 aliphatic carbocycles. The number of anilines is 1. The average molecular weight is 308 g/mol. The van der Waals surface area contributed by atoms with Gasteiger partial charge in [-0.3, -0.25) is 4.79 Å². The van der Waals surface area contributed by atoms with E-state index in [9.17, 15) is 9.18 Å². The Morgan fingerprint density at radius 2 is 1.90 bits per heavy atom. The van der Waals surface area contributed by atoms with Crippen LogP contribution in [0.5, 0.6) is 5.75 Å². The van der Waals surface area contributed by atoms with Gasteiger partial charge in [0.25, 0.3) is 5.91 Å². The Morgan fingerprint density at radius 1 is 1.24 bits per heavy atom. The third kappa shape index (κ3) is 3.95. The molecule has 0 heterocycles. The van der Waals surface area contributed by atoms with Gasteiger partial charge < -0.3 is 10.1 Å². The zero-order chi connectivity index (χ0) is 15.4. The van der Waals surface area contributed by atoms with Crippen LogP contribution in [0.4, 0.5) is 10.1 Å². The summed E-state index contributed by atoms with van der Waals surface area (Å²) in [7, 11) is 0. The highest BCUT2D eigenvalue weighted by Gasteiger charge is 2.09. The second-order valence-electron chi connectivity index (χ2n) is 4.68. The van der Waals surface area contributed by atoms with Crippen LogP contribution < -0.4 is 10.1 Å². The molecule has 5 heteroatoms. The van der Waals surface area contributed by atoms with Gasteiger partial charge in [-0.05, 0) is 43.2 Å². The van der Waals surface area contributed by atoms with Gasteiger partial charge in [0.1, 0.15) is 11.6 Å². The number of carbonyl (C=O) groups is 1. The number of carbonyl (C=O) groups excluding carboxylic acids is 1. The number of nitrogens with one attached hydrogen (secondary N) is 1. The molecule has 0 saturated carbocycles. The van der Waals surface area contributed by atoms with E-state index in [1.54, 1.807) is 0 Å². The first-order valence-electron chi connectivity index (χ1n) is 6.41. The molecular weight excluding hydrogens is 293 g/mol. The first-order valence-corrected chi connectivity index (χ1v) is 6.79. The van der Waals surface area contributed by atoms with Gasteiger partial charge >= 0.3 is 0 Å². The summed E-state index contributed by atoms with van der Waals surface area (Å²) >= 11 is 5.85. The molecule has 0 fully saturated rings. The minimum Gasteiger partial charge on any atom is -0.483 e. The van der Waals surface area contributed by atoms with Gasteiger partial charge in [0.05, 0.1) is 10.7 Å². The standard InChI is InChI=1S/C16H15ClFNO2/c1-10-4-3-5-11(2)16(10)21-9-15(20)19-14-7-6-12(18)8-13(14)17/h3-8H,9H2,1-2H3,(H,19,20). The molecule has 21 heavy (non-hydrogen) atoms. The Kier molecular flexibility index (Phi) is 4.81. The van der Waals surface area contributed by atoms with Crippen molar-refractivity contribution in [1.29, 1.82) is 0 Å². The van der Waals surface area contributed by atoms with Crippen LogP contribution in [0.15, 0.2) is 36.4 Å². The second-order valence-corrected chi connectivity index (χ2v) is 5.09. The Hall–Kier alpha value is -2.07. The summed E-state index contributed by atoms with van der Waals surface area (Å²) < 4.78 is 18.5. The lowest BCUT2D eigenvalue weighted by Gasteiger charge is -2.12. The highest BCUT2D eigenvalue weighted by atomic mass is 35.5. The fourth-order valence-corrected chi connectivity index (χ4v) is 2.16. The van der Waals surface area contributed by atoms with Crippen molar-refractivity contribution in [3.63, 3.8) is 0 Å². The third-order valence-electron chi connectivity index (χ3n) is 2.96. The fraction of sp³-hybridized carbons (Fsp3) is 0.188. The molecule has 0 aromatic heterocycles. The monoisotopic (exact) mass is 307 g/mol. The second kappa shape index (κ2) is 6.59. The van der Waals surface area contributed by atoms with Gasteiger partial charge in [-0.2, -0.15) is 0 Å². The number of amides is 1. The molecule has 0 atom stereocenters. The molecule has 3 nitrogen and oxygen atoms in total. The van der Waals surface area contributed by atoms with Gasteiger partial charge in [0.15, 0.2) is 6.61 Å². The van der Waals surface area contributed by atoms with Gasteiger partial charge in [-0.15, -0.1) is 0 Å². The highest BCUT2D eigenvalue weighted by Crippen LogP contribution is 2.24. The summed E-state index contributed by atoms with van der Waals surface area (Å²) in [5.41, 5.74) is 2.28. The van der Waals surface area contributed by atoms with E-state index in [4.69, 9.17) is 16.3 Å². The van der Waals surface area contributed by atoms with Crippen molar-refractivity contribution in [3.8, 4) is 5.75 Å². The van der Waals surface area contributed by atoms with Crippen LogP contribution in [0.1, 0.15) is 11.1 Å². The van der Waals surface area contributed by atoms with E-state index in [2.05, 4.69) is 5.32 Å². The highest BCUT2D eigenvalue weighted by molar-refractivity contribution is 6.33. The van der Waals surface area contributed by atoms with E-state index in [1.165, 1.54) is 12.1 Å². The lowest BCUT2D eigenvalue weighted by atomic mass is 10.1. The summed E-state index contributed by atoms with van der Waals surface area (Å²) in [6.07, 6.45) is 0. The Morgan fingerprint density at radius 3 is 2.52 bits per heavy atom. The molecular formula is C16H15ClFNO2. The van der Waals surface area contributed by atoms with Crippen LogP contribution in [0.25, 0.3) is 0 Å². The topological polar surface area (TPSA) is 38.3 Å². The lowest BCUT2D eigenvalue weighted by Crippen LogP contribution is -2.20. The van der Waals surface area contributed by atoms with Crippen molar-refractivity contribution in [2.75, 3.05) is 11.9 Å². The van der Waals surface area contributed by atoms with E-state index < -0.39 is 5.82 Å². The molecule has 0 spiro atoms. The number of aryl methyl sites for hydroxylation is 2. The van der Waals surface area contributed by atoms with Crippen LogP contribution in [0.2, 0.25) is 5.02 Å². The van der Waals surface area contributed by atoms with E-state index in [0.717, 1.165) is 17.2 Å². The fourth-order valence-electron chi connectivity index (χ4n) is 1.94. The first-order chi connectivity index (χ1) is 9.97. The molecule has 0 aliphatic rings. The summed E-state index contributed by atoms with van der Waals surface area (Å²) in [6, 6.07) is 9.54. The van der Waals surface area contributed by atoms with Crippen molar-refractivity contribution in [2.24, 2.45) is 0 Å². The molecule has 0 saturated heterocycles. The van der Waals surface area contributed by atoms with E-state index in [1.807, 2.05) is 32.0 Å². The molecule has 2 aromatic rings. The van der Waals surface area contributed by atoms with Crippen LogP contribution in [-0.4, -0.2) is 12.5 Å². The van der Waals surface area contributed by atoms with Crippen molar-refractivity contribution < 1.29 is 13.9 Å². The van der Waals surface area contributed by atoms with Gasteiger partial charge in [-0.25, -0.2) is 4.39 Å². The number of hydrogen-bond donors (Lipinski definition) is 1. The zero-order valence-electron chi connectivity index (χ0n) is 11.7. The van der Waals surface area contributed by atoms with E-state index >= 15 is 0 Å². The van der Waals surface area contributed by atoms with Crippen LogP contribution in [0.3, 0.4) is 0 Å². The van der Waals surface area contributed by atoms with Gasteiger partial charge in [0, 0.05) is 0 Å². The number of rotatable bonds is 4. The number of ether oxygens (including phenoxy) is 1. The largest absolute Gasteiger partial charge is 0.483 e. The van der Waals surface area contributed by atoms with E-state index in [0.29, 0.717) is 11.4 Å². The van der Waals surface area contributed by atoms with Crippen LogP contribution in [0, 0.1) is 19.7 Å². The van der Waals surface area contributed by atoms with Crippen molar-refractivity contribution >= 4 is 23.2 Å². The maximum Gasteiger partial charge on any atom is 0.262 e. The summed E-state index contributed by atoms with van der Waals surface area (Å²) in [5.74, 6) is -0.117. The van der Waals surface area contributed by atoms with Crippen molar-refractivity contribution in [1.82, 2.24) is 0 Å². The molecule has 0 aliphatic heterocycles. The van der Waals surface area contributed by atoms with E-state index in [-0.39, 0.29) is 17.5 Å². The van der Waals surface area contributed by atoms with Gasteiger partial charge in [-0.1, -0.05) is 29.8 Å². The molecule has 110 valence electrons. The summed E-state index contributed by atoms with van der Waals surface area (Å²) in [6.45, 7) is 3.69. The minimum absolute atomic E-state index is 0.139. The summed E-state index contributed by atoms with van der Waals surface area (Å²) in [4.78, 5) is 11.9. The van der Waals surface area contributed by atoms with Crippen LogP contribution >= 0.6 is 11.6 Å². The van der Waals surface area contributed by atoms with Crippen molar-refractivity contribution in [2.45, 2.75) is 13.8 Å². The maximum atomic E-state index is 12.9. The molecule has 0 radical (unpaired) electrons. The third-order valence-corrected chi connectivity index (χ3v) is 3.27. The Balaban J connectivity index is 1.99. The Labute approximate surface area is 127 Å². The molecule has 1 N–H and O–H groups in total. The number of para-hydroxylation sites is 1. The quantitative estimate of drug-likeness (QED) is 0.923. The van der Waals surface area contributed by atoms with Crippen molar-refractivity contribution in [3.05, 3.63) is 58.4 Å². The maximum absolute atomic E-state index is 12.9. The van der Waals surface area contributed by atoms with Gasteiger partial charge in [0.2, 0.25) is 0 Å². The smallest absolute Gasteiger partial charge is 0.262 e. The molecule has 2 aromatic carbocycles. The normalized spacial score (nSPS) is 10.3. The predicted octanol–water partition coefficient (Wildman–Crippen LogP) is 4.11. The first kappa shape index (κ1) is 15.3. The average Bonchev–Trinajstić information content (AvgIpc) is 2.41. The Bertz CT molecular complexity index is 653. The molecule has 1 amide bonds. The summed E-state index contributed by atoms with van der Waals surface area (Å²) in [5, 5.41) is 2.73. The number of halogens is 2. The molecule has 2 rings (SSSR count). The molecule has 0 unspecified atom stereocenters. The molecule has 0 bridgehead atoms. The predicted molar refractivity (Wildman–Crippen MR) is 81.5 cm³/mol. The number of benzene rings is 2. The number of hydrogen-bond acceptors (Lipinski definition) is 2. The zero-order valence-corrected chi connectivity index (χ0v) is 12.5. The minimum atomic E-state index is -0.454. The van der Waals surface area contributed by atoms with Crippen LogP contribution in [-0.2, 0) is 4.79 Å². The lowest BCUT2D eigenvalue weighted by molar-refractivity contribution is -0.118.